The third kappa shape index (κ3) is 2.06. The molecule has 0 radical (unpaired) electrons. The van der Waals surface area contributed by atoms with Crippen LogP contribution in [-0.4, -0.2) is 11.5 Å². The molecule has 0 bridgehead atoms. The van der Waals surface area contributed by atoms with Crippen molar-refractivity contribution in [2.45, 2.75) is 33.1 Å². The molecule has 0 fully saturated rings. The normalized spacial score (nSPS) is 11.1. The molecule has 3 nitrogen and oxygen atoms in total. The summed E-state index contributed by atoms with van der Waals surface area (Å²) in [5, 5.41) is 1.19. The van der Waals surface area contributed by atoms with Gasteiger partial charge in [0.25, 0.3) is 0 Å². The minimum absolute atomic E-state index is 0.626. The second-order valence-corrected chi connectivity index (χ2v) is 4.50. The highest BCUT2D eigenvalue weighted by Crippen LogP contribution is 2.28. The van der Waals surface area contributed by atoms with Crippen LogP contribution >= 0.6 is 0 Å². The summed E-state index contributed by atoms with van der Waals surface area (Å²) in [6.07, 6.45) is 2.82. The molecule has 18 heavy (non-hydrogen) atoms. The van der Waals surface area contributed by atoms with Gasteiger partial charge in [-0.15, -0.1) is 0 Å². The van der Waals surface area contributed by atoms with Crippen molar-refractivity contribution < 1.29 is 0 Å². The van der Waals surface area contributed by atoms with E-state index in [2.05, 4.69) is 19.9 Å². The number of rotatable bonds is 4. The van der Waals surface area contributed by atoms with E-state index in [1.165, 1.54) is 16.5 Å². The van der Waals surface area contributed by atoms with E-state index >= 15 is 0 Å². The fraction of sp³-hybridized carbons (Fsp3) is 0.400. The largest absolute Gasteiger partial charge is 0.397 e. The van der Waals surface area contributed by atoms with Crippen molar-refractivity contribution >= 4 is 16.6 Å². The SMILES string of the molecule is CCc1c(CCN)nc2c(N)cccc2c1CC. The average Bonchev–Trinajstić information content (AvgIpc) is 2.38. The Morgan fingerprint density at radius 1 is 1.11 bits per heavy atom. The topological polar surface area (TPSA) is 64.9 Å². The first-order valence-corrected chi connectivity index (χ1v) is 6.61. The average molecular weight is 243 g/mol. The van der Waals surface area contributed by atoms with Crippen LogP contribution in [0.1, 0.15) is 30.7 Å². The molecular formula is C15H21N3. The maximum atomic E-state index is 6.04. The molecule has 0 spiro atoms. The second-order valence-electron chi connectivity index (χ2n) is 4.50. The van der Waals surface area contributed by atoms with Crippen molar-refractivity contribution in [3.05, 3.63) is 35.0 Å². The van der Waals surface area contributed by atoms with Crippen LogP contribution in [0.2, 0.25) is 0 Å². The molecule has 2 rings (SSSR count). The van der Waals surface area contributed by atoms with Gasteiger partial charge in [-0.3, -0.25) is 4.98 Å². The molecule has 96 valence electrons. The highest BCUT2D eigenvalue weighted by atomic mass is 14.8. The Kier molecular flexibility index (Phi) is 3.82. The molecule has 0 aliphatic carbocycles. The van der Waals surface area contributed by atoms with E-state index in [0.29, 0.717) is 6.54 Å². The van der Waals surface area contributed by atoms with Crippen LogP contribution < -0.4 is 11.5 Å². The highest BCUT2D eigenvalue weighted by molar-refractivity contribution is 5.92. The summed E-state index contributed by atoms with van der Waals surface area (Å²) in [7, 11) is 0. The molecule has 0 amide bonds. The molecule has 0 saturated carbocycles. The monoisotopic (exact) mass is 243 g/mol. The van der Waals surface area contributed by atoms with Crippen LogP contribution in [-0.2, 0) is 19.3 Å². The van der Waals surface area contributed by atoms with Crippen molar-refractivity contribution in [1.29, 1.82) is 0 Å². The predicted octanol–water partition coefficient (Wildman–Crippen LogP) is 2.44. The van der Waals surface area contributed by atoms with Gasteiger partial charge in [0.2, 0.25) is 0 Å². The number of nitrogens with two attached hydrogens (primary N) is 2. The Morgan fingerprint density at radius 2 is 1.83 bits per heavy atom. The lowest BCUT2D eigenvalue weighted by Gasteiger charge is -2.15. The summed E-state index contributed by atoms with van der Waals surface area (Å²) in [5.74, 6) is 0. The van der Waals surface area contributed by atoms with Crippen molar-refractivity contribution in [2.75, 3.05) is 12.3 Å². The predicted molar refractivity (Wildman–Crippen MR) is 77.7 cm³/mol. The van der Waals surface area contributed by atoms with E-state index < -0.39 is 0 Å². The molecule has 0 atom stereocenters. The molecule has 2 aromatic rings. The molecule has 3 heteroatoms. The minimum Gasteiger partial charge on any atom is -0.397 e. The first-order chi connectivity index (χ1) is 8.72. The van der Waals surface area contributed by atoms with Crippen LogP contribution in [0.5, 0.6) is 0 Å². The minimum atomic E-state index is 0.626. The van der Waals surface area contributed by atoms with Crippen LogP contribution in [0, 0.1) is 0 Å². The van der Waals surface area contributed by atoms with Gasteiger partial charge in [-0.2, -0.15) is 0 Å². The van der Waals surface area contributed by atoms with Gasteiger partial charge in [0.1, 0.15) is 0 Å². The summed E-state index contributed by atoms with van der Waals surface area (Å²) in [6.45, 7) is 4.99. The third-order valence-corrected chi connectivity index (χ3v) is 3.44. The van der Waals surface area contributed by atoms with E-state index in [4.69, 9.17) is 16.5 Å². The molecule has 1 aromatic carbocycles. The van der Waals surface area contributed by atoms with Crippen molar-refractivity contribution in [2.24, 2.45) is 5.73 Å². The Hall–Kier alpha value is -1.61. The number of aryl methyl sites for hydroxylation is 1. The standard InChI is InChI=1S/C15H21N3/c1-3-10-11(4-2)14(8-9-16)18-15-12(10)6-5-7-13(15)17/h5-7H,3-4,8-9,16-17H2,1-2H3. The fourth-order valence-electron chi connectivity index (χ4n) is 2.63. The molecule has 1 heterocycles. The summed E-state index contributed by atoms with van der Waals surface area (Å²) >= 11 is 0. The molecule has 0 unspecified atom stereocenters. The number of hydrogen-bond donors (Lipinski definition) is 2. The van der Waals surface area contributed by atoms with Gasteiger partial charge in [-0.1, -0.05) is 26.0 Å². The second kappa shape index (κ2) is 5.36. The number of benzene rings is 1. The summed E-state index contributed by atoms with van der Waals surface area (Å²) in [6, 6.07) is 6.02. The molecule has 0 aliphatic heterocycles. The highest BCUT2D eigenvalue weighted by Gasteiger charge is 2.13. The molecule has 4 N–H and O–H groups in total. The lowest BCUT2D eigenvalue weighted by atomic mass is 9.95. The lowest BCUT2D eigenvalue weighted by molar-refractivity contribution is 0.887. The first-order valence-electron chi connectivity index (χ1n) is 6.61. The molecule has 0 aliphatic rings. The Balaban J connectivity index is 2.81. The lowest BCUT2D eigenvalue weighted by Crippen LogP contribution is -2.10. The van der Waals surface area contributed by atoms with E-state index in [-0.39, 0.29) is 0 Å². The number of nitrogens with zero attached hydrogens (tertiary/aromatic N) is 1. The van der Waals surface area contributed by atoms with E-state index in [1.807, 2.05) is 12.1 Å². The Bertz CT molecular complexity index is 561. The van der Waals surface area contributed by atoms with Gasteiger partial charge in [-0.25, -0.2) is 0 Å². The number of aromatic nitrogens is 1. The first kappa shape index (κ1) is 12.8. The van der Waals surface area contributed by atoms with Crippen LogP contribution in [0.4, 0.5) is 5.69 Å². The number of para-hydroxylation sites is 1. The van der Waals surface area contributed by atoms with Crippen LogP contribution in [0.15, 0.2) is 18.2 Å². The number of anilines is 1. The van der Waals surface area contributed by atoms with E-state index in [9.17, 15) is 0 Å². The number of nitrogen functional groups attached to an aromatic ring is 1. The van der Waals surface area contributed by atoms with Crippen molar-refractivity contribution in [3.63, 3.8) is 0 Å². The summed E-state index contributed by atoms with van der Waals surface area (Å²) in [5.41, 5.74) is 17.2. The van der Waals surface area contributed by atoms with Crippen LogP contribution in [0.3, 0.4) is 0 Å². The fourth-order valence-corrected chi connectivity index (χ4v) is 2.63. The van der Waals surface area contributed by atoms with Gasteiger partial charge < -0.3 is 11.5 Å². The smallest absolute Gasteiger partial charge is 0.0937 e. The summed E-state index contributed by atoms with van der Waals surface area (Å²) in [4.78, 5) is 4.74. The Labute approximate surface area is 108 Å². The zero-order valence-corrected chi connectivity index (χ0v) is 11.2. The van der Waals surface area contributed by atoms with Crippen LogP contribution in [0.25, 0.3) is 10.9 Å². The van der Waals surface area contributed by atoms with Gasteiger partial charge >= 0.3 is 0 Å². The van der Waals surface area contributed by atoms with Gasteiger partial charge in [0, 0.05) is 17.5 Å². The quantitative estimate of drug-likeness (QED) is 0.811. The maximum absolute atomic E-state index is 6.04. The molecule has 1 aromatic heterocycles. The number of pyridine rings is 1. The molecular weight excluding hydrogens is 222 g/mol. The number of fused-ring (bicyclic) bond motifs is 1. The third-order valence-electron chi connectivity index (χ3n) is 3.44. The van der Waals surface area contributed by atoms with Gasteiger partial charge in [-0.05, 0) is 36.6 Å². The van der Waals surface area contributed by atoms with E-state index in [1.54, 1.807) is 0 Å². The zero-order valence-electron chi connectivity index (χ0n) is 11.2. The maximum Gasteiger partial charge on any atom is 0.0937 e. The van der Waals surface area contributed by atoms with Gasteiger partial charge in [0.05, 0.1) is 11.2 Å². The zero-order chi connectivity index (χ0) is 13.1. The Morgan fingerprint density at radius 3 is 2.44 bits per heavy atom. The van der Waals surface area contributed by atoms with Crippen molar-refractivity contribution in [1.82, 2.24) is 4.98 Å². The van der Waals surface area contributed by atoms with Crippen molar-refractivity contribution in [3.8, 4) is 0 Å². The molecule has 0 saturated heterocycles. The number of hydrogen-bond acceptors (Lipinski definition) is 3. The summed E-state index contributed by atoms with van der Waals surface area (Å²) < 4.78 is 0. The van der Waals surface area contributed by atoms with E-state index in [0.717, 1.165) is 36.2 Å². The van der Waals surface area contributed by atoms with Gasteiger partial charge in [0.15, 0.2) is 0 Å².